The van der Waals surface area contributed by atoms with Crippen LogP contribution in [0.5, 0.6) is 0 Å². The number of benzene rings is 1. The number of nitrogens with two attached hydrogens (primary N) is 1. The smallest absolute Gasteiger partial charge is 0.229 e. The second kappa shape index (κ2) is 5.51. The average molecular weight is 206 g/mol. The first-order valence-electron chi connectivity index (χ1n) is 5.21. The summed E-state index contributed by atoms with van der Waals surface area (Å²) in [5.74, 6) is 0.141. The summed E-state index contributed by atoms with van der Waals surface area (Å²) in [6.45, 7) is 4.39. The van der Waals surface area contributed by atoms with Crippen molar-refractivity contribution < 1.29 is 4.79 Å². The molecule has 0 heterocycles. The van der Waals surface area contributed by atoms with Crippen LogP contribution in [0.3, 0.4) is 0 Å². The third-order valence-electron chi connectivity index (χ3n) is 2.44. The molecule has 1 aromatic rings. The molecule has 0 bridgehead atoms. The minimum absolute atomic E-state index is 0.00120. The monoisotopic (exact) mass is 206 g/mol. The molecule has 0 saturated heterocycles. The van der Waals surface area contributed by atoms with Crippen LogP contribution < -0.4 is 11.1 Å². The molecule has 1 rings (SSSR count). The predicted molar refractivity (Wildman–Crippen MR) is 62.5 cm³/mol. The molecule has 82 valence electrons. The Morgan fingerprint density at radius 3 is 2.40 bits per heavy atom. The van der Waals surface area contributed by atoms with E-state index in [-0.39, 0.29) is 17.7 Å². The summed E-state index contributed by atoms with van der Waals surface area (Å²) in [4.78, 5) is 11.8. The summed E-state index contributed by atoms with van der Waals surface area (Å²) < 4.78 is 0. The van der Waals surface area contributed by atoms with Gasteiger partial charge < -0.3 is 11.1 Å². The quantitative estimate of drug-likeness (QED) is 0.790. The summed E-state index contributed by atoms with van der Waals surface area (Å²) in [6.07, 6.45) is 0. The van der Waals surface area contributed by atoms with Crippen molar-refractivity contribution in [2.24, 2.45) is 17.6 Å². The van der Waals surface area contributed by atoms with Crippen molar-refractivity contribution in [3.05, 3.63) is 30.3 Å². The van der Waals surface area contributed by atoms with E-state index in [0.717, 1.165) is 5.69 Å². The molecule has 1 unspecified atom stereocenters. The zero-order chi connectivity index (χ0) is 11.3. The van der Waals surface area contributed by atoms with Gasteiger partial charge >= 0.3 is 0 Å². The van der Waals surface area contributed by atoms with Crippen molar-refractivity contribution in [3.8, 4) is 0 Å². The third-order valence-corrected chi connectivity index (χ3v) is 2.44. The molecule has 1 aromatic carbocycles. The van der Waals surface area contributed by atoms with Gasteiger partial charge in [-0.3, -0.25) is 4.79 Å². The summed E-state index contributed by atoms with van der Waals surface area (Å²) in [5.41, 5.74) is 6.39. The summed E-state index contributed by atoms with van der Waals surface area (Å²) in [7, 11) is 0. The van der Waals surface area contributed by atoms with Gasteiger partial charge in [0.05, 0.1) is 5.92 Å². The number of hydrogen-bond donors (Lipinski definition) is 2. The second-order valence-electron chi connectivity index (χ2n) is 3.94. The predicted octanol–water partition coefficient (Wildman–Crippen LogP) is 1.86. The molecule has 0 aliphatic heterocycles. The van der Waals surface area contributed by atoms with Crippen LogP contribution in [0.2, 0.25) is 0 Å². The lowest BCUT2D eigenvalue weighted by molar-refractivity contribution is -0.120. The summed E-state index contributed by atoms with van der Waals surface area (Å²) >= 11 is 0. The summed E-state index contributed by atoms with van der Waals surface area (Å²) in [5, 5.41) is 2.86. The third kappa shape index (κ3) is 3.36. The molecule has 0 radical (unpaired) electrons. The fraction of sp³-hybridized carbons (Fsp3) is 0.417. The summed E-state index contributed by atoms with van der Waals surface area (Å²) in [6, 6.07) is 9.43. The molecule has 0 saturated carbocycles. The van der Waals surface area contributed by atoms with Crippen molar-refractivity contribution in [3.63, 3.8) is 0 Å². The zero-order valence-corrected chi connectivity index (χ0v) is 9.23. The van der Waals surface area contributed by atoms with E-state index in [2.05, 4.69) is 5.32 Å². The number of hydrogen-bond acceptors (Lipinski definition) is 2. The Balaban J connectivity index is 2.62. The molecule has 3 heteroatoms. The fourth-order valence-corrected chi connectivity index (χ4v) is 1.44. The van der Waals surface area contributed by atoms with E-state index in [1.807, 2.05) is 44.2 Å². The normalized spacial score (nSPS) is 12.5. The van der Waals surface area contributed by atoms with Crippen LogP contribution in [0.25, 0.3) is 0 Å². The second-order valence-corrected chi connectivity index (χ2v) is 3.94. The van der Waals surface area contributed by atoms with E-state index < -0.39 is 0 Å². The number of anilines is 1. The maximum atomic E-state index is 11.8. The Labute approximate surface area is 90.7 Å². The van der Waals surface area contributed by atoms with E-state index >= 15 is 0 Å². The van der Waals surface area contributed by atoms with Crippen molar-refractivity contribution in [2.45, 2.75) is 13.8 Å². The van der Waals surface area contributed by atoms with Gasteiger partial charge in [0.25, 0.3) is 0 Å². The van der Waals surface area contributed by atoms with Gasteiger partial charge in [-0.15, -0.1) is 0 Å². The molecule has 1 atom stereocenters. The van der Waals surface area contributed by atoms with Gasteiger partial charge in [0.2, 0.25) is 5.91 Å². The Morgan fingerprint density at radius 2 is 1.93 bits per heavy atom. The molecule has 0 aliphatic carbocycles. The fourth-order valence-electron chi connectivity index (χ4n) is 1.44. The standard InChI is InChI=1S/C12H18N2O/c1-9(2)11(8-13)12(15)14-10-6-4-3-5-7-10/h3-7,9,11H,8,13H2,1-2H3,(H,14,15). The van der Waals surface area contributed by atoms with Gasteiger partial charge in [-0.1, -0.05) is 32.0 Å². The molecule has 3 nitrogen and oxygen atoms in total. The highest BCUT2D eigenvalue weighted by Gasteiger charge is 2.20. The SMILES string of the molecule is CC(C)C(CN)C(=O)Nc1ccccc1. The van der Waals surface area contributed by atoms with Crippen LogP contribution in [0, 0.1) is 11.8 Å². The van der Waals surface area contributed by atoms with Gasteiger partial charge in [0.15, 0.2) is 0 Å². The molecule has 1 amide bonds. The first-order valence-corrected chi connectivity index (χ1v) is 5.21. The first kappa shape index (κ1) is 11.7. The van der Waals surface area contributed by atoms with Crippen LogP contribution in [0.4, 0.5) is 5.69 Å². The van der Waals surface area contributed by atoms with E-state index in [1.54, 1.807) is 0 Å². The minimum atomic E-state index is -0.120. The number of carbonyl (C=O) groups excluding carboxylic acids is 1. The molecule has 0 aromatic heterocycles. The van der Waals surface area contributed by atoms with Crippen molar-refractivity contribution in [1.29, 1.82) is 0 Å². The van der Waals surface area contributed by atoms with E-state index in [4.69, 9.17) is 5.73 Å². The van der Waals surface area contributed by atoms with Crippen LogP contribution in [-0.2, 0) is 4.79 Å². The Bertz CT molecular complexity index is 309. The lowest BCUT2D eigenvalue weighted by Crippen LogP contribution is -2.32. The van der Waals surface area contributed by atoms with Crippen molar-refractivity contribution >= 4 is 11.6 Å². The Morgan fingerprint density at radius 1 is 1.33 bits per heavy atom. The molecule has 15 heavy (non-hydrogen) atoms. The molecule has 0 fully saturated rings. The Hall–Kier alpha value is -1.35. The molecule has 3 N–H and O–H groups in total. The van der Waals surface area contributed by atoms with Gasteiger partial charge in [0.1, 0.15) is 0 Å². The molecule has 0 aliphatic rings. The highest BCUT2D eigenvalue weighted by atomic mass is 16.1. The van der Waals surface area contributed by atoms with E-state index in [9.17, 15) is 4.79 Å². The van der Waals surface area contributed by atoms with Gasteiger partial charge in [-0.25, -0.2) is 0 Å². The van der Waals surface area contributed by atoms with E-state index in [1.165, 1.54) is 0 Å². The topological polar surface area (TPSA) is 55.1 Å². The number of nitrogens with one attached hydrogen (secondary N) is 1. The molecular weight excluding hydrogens is 188 g/mol. The maximum absolute atomic E-state index is 11.8. The number of amides is 1. The van der Waals surface area contributed by atoms with Crippen LogP contribution in [0.15, 0.2) is 30.3 Å². The Kier molecular flexibility index (Phi) is 4.31. The molecular formula is C12H18N2O. The van der Waals surface area contributed by atoms with Crippen molar-refractivity contribution in [2.75, 3.05) is 11.9 Å². The minimum Gasteiger partial charge on any atom is -0.330 e. The maximum Gasteiger partial charge on any atom is 0.229 e. The largest absolute Gasteiger partial charge is 0.330 e. The van der Waals surface area contributed by atoms with Crippen LogP contribution in [0.1, 0.15) is 13.8 Å². The average Bonchev–Trinajstić information content (AvgIpc) is 2.19. The van der Waals surface area contributed by atoms with E-state index in [0.29, 0.717) is 6.54 Å². The lowest BCUT2D eigenvalue weighted by atomic mass is 9.95. The first-order chi connectivity index (χ1) is 7.15. The van der Waals surface area contributed by atoms with Crippen LogP contribution in [-0.4, -0.2) is 12.5 Å². The molecule has 0 spiro atoms. The lowest BCUT2D eigenvalue weighted by Gasteiger charge is -2.18. The van der Waals surface area contributed by atoms with Gasteiger partial charge in [-0.05, 0) is 18.1 Å². The zero-order valence-electron chi connectivity index (χ0n) is 9.23. The number of para-hydroxylation sites is 1. The highest BCUT2D eigenvalue weighted by molar-refractivity contribution is 5.92. The van der Waals surface area contributed by atoms with Crippen LogP contribution >= 0.6 is 0 Å². The van der Waals surface area contributed by atoms with Gasteiger partial charge in [0, 0.05) is 12.2 Å². The number of carbonyl (C=O) groups is 1. The van der Waals surface area contributed by atoms with Crippen molar-refractivity contribution in [1.82, 2.24) is 0 Å². The van der Waals surface area contributed by atoms with Gasteiger partial charge in [-0.2, -0.15) is 0 Å². The highest BCUT2D eigenvalue weighted by Crippen LogP contribution is 2.13. The number of rotatable bonds is 4.